The lowest BCUT2D eigenvalue weighted by Crippen LogP contribution is -2.31. The molecule has 0 unspecified atom stereocenters. The molecule has 0 aliphatic heterocycles. The van der Waals surface area contributed by atoms with Gasteiger partial charge in [0, 0.05) is 6.20 Å². The number of benzene rings is 1. The van der Waals surface area contributed by atoms with Gasteiger partial charge in [-0.25, -0.2) is 13.2 Å². The molecule has 7 nitrogen and oxygen atoms in total. The van der Waals surface area contributed by atoms with Gasteiger partial charge in [-0.2, -0.15) is 0 Å². The maximum Gasteiger partial charge on any atom is 0.319 e. The summed E-state index contributed by atoms with van der Waals surface area (Å²) in [4.78, 5) is 15.9. The second kappa shape index (κ2) is 7.10. The second-order valence-electron chi connectivity index (χ2n) is 5.02. The van der Waals surface area contributed by atoms with Crippen LogP contribution in [0.25, 0.3) is 0 Å². The van der Waals surface area contributed by atoms with Gasteiger partial charge in [0.25, 0.3) is 0 Å². The number of carbonyl (C=O) groups is 1. The van der Waals surface area contributed by atoms with Crippen LogP contribution in [0.5, 0.6) is 0 Å². The van der Waals surface area contributed by atoms with Crippen LogP contribution in [0.3, 0.4) is 0 Å². The van der Waals surface area contributed by atoms with Crippen LogP contribution >= 0.6 is 0 Å². The molecule has 2 aromatic rings. The van der Waals surface area contributed by atoms with Crippen molar-refractivity contribution in [2.24, 2.45) is 0 Å². The van der Waals surface area contributed by atoms with Gasteiger partial charge < -0.3 is 10.6 Å². The third-order valence-electron chi connectivity index (χ3n) is 2.99. The number of rotatable bonds is 5. The van der Waals surface area contributed by atoms with Crippen molar-refractivity contribution in [1.29, 1.82) is 0 Å². The van der Waals surface area contributed by atoms with Gasteiger partial charge in [-0.1, -0.05) is 18.2 Å². The quantitative estimate of drug-likeness (QED) is 0.781. The molecular weight excluding hydrogens is 316 g/mol. The molecule has 122 valence electrons. The topological polar surface area (TPSA) is 100 Å². The van der Waals surface area contributed by atoms with Crippen molar-refractivity contribution in [1.82, 2.24) is 10.3 Å². The largest absolute Gasteiger partial charge is 0.331 e. The molecule has 23 heavy (non-hydrogen) atoms. The summed E-state index contributed by atoms with van der Waals surface area (Å²) >= 11 is 0. The number of pyridine rings is 1. The first-order chi connectivity index (χ1) is 10.8. The number of carbonyl (C=O) groups excluding carboxylic acids is 1. The van der Waals surface area contributed by atoms with Gasteiger partial charge >= 0.3 is 6.03 Å². The van der Waals surface area contributed by atoms with Crippen LogP contribution in [0.1, 0.15) is 18.5 Å². The molecule has 0 spiro atoms. The predicted octanol–water partition coefficient (Wildman–Crippen LogP) is 2.34. The Bertz CT molecular complexity index is 778. The van der Waals surface area contributed by atoms with Crippen LogP contribution in [0.2, 0.25) is 0 Å². The standard InChI is InChI=1S/C15H18N4O3S/c1-11(17-15(20)18-12-6-5-9-16-10-12)13-7-3-4-8-14(13)19-23(2,21)22/h3-11,19H,1-2H3,(H2,17,18,20)/t11-/m1/s1. The minimum absolute atomic E-state index is 0.392. The predicted molar refractivity (Wildman–Crippen MR) is 89.7 cm³/mol. The van der Waals surface area contributed by atoms with Gasteiger partial charge in [0.2, 0.25) is 10.0 Å². The van der Waals surface area contributed by atoms with Crippen molar-refractivity contribution in [3.8, 4) is 0 Å². The molecule has 1 aromatic carbocycles. The van der Waals surface area contributed by atoms with E-state index >= 15 is 0 Å². The minimum atomic E-state index is -3.40. The van der Waals surface area contributed by atoms with Crippen LogP contribution in [0.15, 0.2) is 48.8 Å². The van der Waals surface area contributed by atoms with Crippen molar-refractivity contribution >= 4 is 27.4 Å². The van der Waals surface area contributed by atoms with Gasteiger partial charge in [0.1, 0.15) is 0 Å². The van der Waals surface area contributed by atoms with Gasteiger partial charge in [0.05, 0.1) is 29.9 Å². The van der Waals surface area contributed by atoms with E-state index in [1.54, 1.807) is 49.5 Å². The van der Waals surface area contributed by atoms with E-state index in [4.69, 9.17) is 0 Å². The molecule has 1 atom stereocenters. The van der Waals surface area contributed by atoms with Crippen molar-refractivity contribution in [2.75, 3.05) is 16.3 Å². The summed E-state index contributed by atoms with van der Waals surface area (Å²) in [5, 5.41) is 5.42. The van der Waals surface area contributed by atoms with Gasteiger partial charge in [-0.15, -0.1) is 0 Å². The van der Waals surface area contributed by atoms with Crippen molar-refractivity contribution < 1.29 is 13.2 Å². The molecule has 1 aromatic heterocycles. The first kappa shape index (κ1) is 16.8. The second-order valence-corrected chi connectivity index (χ2v) is 6.77. The highest BCUT2D eigenvalue weighted by Gasteiger charge is 2.15. The Morgan fingerprint density at radius 2 is 1.91 bits per heavy atom. The fourth-order valence-electron chi connectivity index (χ4n) is 2.05. The maximum absolute atomic E-state index is 12.0. The molecule has 0 aliphatic rings. The molecular formula is C15H18N4O3S. The number of sulfonamides is 1. The van der Waals surface area contributed by atoms with Gasteiger partial charge in [0.15, 0.2) is 0 Å². The minimum Gasteiger partial charge on any atom is -0.331 e. The fourth-order valence-corrected chi connectivity index (χ4v) is 2.63. The van der Waals surface area contributed by atoms with E-state index in [-0.39, 0.29) is 0 Å². The highest BCUT2D eigenvalue weighted by atomic mass is 32.2. The zero-order valence-corrected chi connectivity index (χ0v) is 13.6. The number of aromatic nitrogens is 1. The lowest BCUT2D eigenvalue weighted by molar-refractivity contribution is 0.249. The molecule has 0 saturated heterocycles. The Hall–Kier alpha value is -2.61. The van der Waals surface area contributed by atoms with Crippen LogP contribution in [0, 0.1) is 0 Å². The Morgan fingerprint density at radius 3 is 2.57 bits per heavy atom. The average Bonchev–Trinajstić information content (AvgIpc) is 2.47. The van der Waals surface area contributed by atoms with Crippen LogP contribution in [0.4, 0.5) is 16.2 Å². The van der Waals surface area contributed by atoms with Crippen molar-refractivity contribution in [3.63, 3.8) is 0 Å². The van der Waals surface area contributed by atoms with Crippen LogP contribution < -0.4 is 15.4 Å². The SMILES string of the molecule is C[C@@H](NC(=O)Nc1cccnc1)c1ccccc1NS(C)(=O)=O. The van der Waals surface area contributed by atoms with Crippen molar-refractivity contribution in [3.05, 3.63) is 54.4 Å². The molecule has 0 bridgehead atoms. The van der Waals surface area contributed by atoms with E-state index in [0.717, 1.165) is 6.26 Å². The van der Waals surface area contributed by atoms with E-state index < -0.39 is 22.1 Å². The molecule has 0 aliphatic carbocycles. The summed E-state index contributed by atoms with van der Waals surface area (Å²) in [6.07, 6.45) is 4.22. The number of amides is 2. The molecule has 0 fully saturated rings. The van der Waals surface area contributed by atoms with E-state index in [2.05, 4.69) is 20.3 Å². The maximum atomic E-state index is 12.0. The Morgan fingerprint density at radius 1 is 1.17 bits per heavy atom. The molecule has 0 radical (unpaired) electrons. The number of nitrogens with one attached hydrogen (secondary N) is 3. The Labute approximate surface area is 135 Å². The molecule has 8 heteroatoms. The monoisotopic (exact) mass is 334 g/mol. The van der Waals surface area contributed by atoms with Crippen molar-refractivity contribution in [2.45, 2.75) is 13.0 Å². The van der Waals surface area contributed by atoms with Gasteiger partial charge in [-0.05, 0) is 30.7 Å². The smallest absolute Gasteiger partial charge is 0.319 e. The molecule has 2 amide bonds. The highest BCUT2D eigenvalue weighted by Crippen LogP contribution is 2.23. The highest BCUT2D eigenvalue weighted by molar-refractivity contribution is 7.92. The summed E-state index contributed by atoms with van der Waals surface area (Å²) in [7, 11) is -3.40. The first-order valence-electron chi connectivity index (χ1n) is 6.89. The lowest BCUT2D eigenvalue weighted by Gasteiger charge is -2.18. The molecule has 2 rings (SSSR count). The summed E-state index contributed by atoms with van der Waals surface area (Å²) in [5.41, 5.74) is 1.67. The number of urea groups is 1. The summed E-state index contributed by atoms with van der Waals surface area (Å²) in [6, 6.07) is 9.54. The van der Waals surface area contributed by atoms with Crippen LogP contribution in [-0.4, -0.2) is 25.7 Å². The normalized spacial score (nSPS) is 12.3. The lowest BCUT2D eigenvalue weighted by atomic mass is 10.1. The van der Waals surface area contributed by atoms with E-state index in [1.165, 1.54) is 6.20 Å². The van der Waals surface area contributed by atoms with E-state index in [1.807, 2.05) is 0 Å². The number of hydrogen-bond acceptors (Lipinski definition) is 4. The molecule has 1 heterocycles. The molecule has 0 saturated carbocycles. The Kier molecular flexibility index (Phi) is 5.17. The van der Waals surface area contributed by atoms with E-state index in [9.17, 15) is 13.2 Å². The number of para-hydroxylation sites is 1. The average molecular weight is 334 g/mol. The summed E-state index contributed by atoms with van der Waals surface area (Å²) in [5.74, 6) is 0. The summed E-state index contributed by atoms with van der Waals surface area (Å²) in [6.45, 7) is 1.77. The van der Waals surface area contributed by atoms with E-state index in [0.29, 0.717) is 16.9 Å². The third-order valence-corrected chi connectivity index (χ3v) is 3.58. The molecule has 3 N–H and O–H groups in total. The Balaban J connectivity index is 2.08. The number of nitrogens with zero attached hydrogens (tertiary/aromatic N) is 1. The van der Waals surface area contributed by atoms with Crippen LogP contribution in [-0.2, 0) is 10.0 Å². The summed E-state index contributed by atoms with van der Waals surface area (Å²) < 4.78 is 25.3. The van der Waals surface area contributed by atoms with Gasteiger partial charge in [-0.3, -0.25) is 9.71 Å². The first-order valence-corrected chi connectivity index (χ1v) is 8.78. The number of anilines is 2. The zero-order valence-electron chi connectivity index (χ0n) is 12.8. The number of hydrogen-bond donors (Lipinski definition) is 3. The fraction of sp³-hybridized carbons (Fsp3) is 0.200. The zero-order chi connectivity index (χ0) is 16.9. The third kappa shape index (κ3) is 5.26.